The van der Waals surface area contributed by atoms with Crippen LogP contribution in [0.5, 0.6) is 0 Å². The van der Waals surface area contributed by atoms with Gasteiger partial charge in [0.05, 0.1) is 5.69 Å². The molecule has 0 amide bonds. The highest BCUT2D eigenvalue weighted by Crippen LogP contribution is 2.34. The average molecular weight is 293 g/mol. The van der Waals surface area contributed by atoms with Crippen molar-refractivity contribution in [2.24, 2.45) is 7.05 Å². The van der Waals surface area contributed by atoms with Gasteiger partial charge >= 0.3 is 0 Å². The molecule has 0 spiro atoms. The third kappa shape index (κ3) is 2.31. The highest BCUT2D eigenvalue weighted by Gasteiger charge is 2.38. The second-order valence-electron chi connectivity index (χ2n) is 5.20. The van der Waals surface area contributed by atoms with Crippen molar-refractivity contribution in [3.63, 3.8) is 0 Å². The summed E-state index contributed by atoms with van der Waals surface area (Å²) in [6.07, 6.45) is 3.77. The van der Waals surface area contributed by atoms with Gasteiger partial charge in [-0.25, -0.2) is 9.97 Å². The van der Waals surface area contributed by atoms with E-state index in [1.165, 1.54) is 6.33 Å². The molecular formula is C13H19N5OS. The molecule has 0 aromatic carbocycles. The maximum Gasteiger partial charge on any atom is 0.185 e. The Kier molecular flexibility index (Phi) is 3.47. The largest absolute Gasteiger partial charge is 0.382 e. The van der Waals surface area contributed by atoms with Crippen LogP contribution in [-0.2, 0) is 19.1 Å². The zero-order valence-corrected chi connectivity index (χ0v) is 12.6. The molecule has 0 radical (unpaired) electrons. The van der Waals surface area contributed by atoms with Gasteiger partial charge in [-0.05, 0) is 6.42 Å². The molecule has 1 N–H and O–H groups in total. The Balaban J connectivity index is 1.72. The van der Waals surface area contributed by atoms with Gasteiger partial charge in [-0.2, -0.15) is 5.10 Å². The van der Waals surface area contributed by atoms with Crippen LogP contribution in [-0.4, -0.2) is 37.9 Å². The SMILES string of the molecule is CCc1csc(N2CCC(O)(c3ncnn3C)CC2)n1. The lowest BCUT2D eigenvalue weighted by Crippen LogP contribution is -2.44. The topological polar surface area (TPSA) is 67.1 Å². The number of hydrogen-bond acceptors (Lipinski definition) is 6. The number of aliphatic hydroxyl groups is 1. The zero-order valence-electron chi connectivity index (χ0n) is 11.8. The van der Waals surface area contributed by atoms with E-state index in [9.17, 15) is 5.11 Å². The number of nitrogens with zero attached hydrogens (tertiary/aromatic N) is 5. The molecule has 3 heterocycles. The summed E-state index contributed by atoms with van der Waals surface area (Å²) in [6.45, 7) is 3.70. The molecule has 0 bridgehead atoms. The molecule has 7 heteroatoms. The van der Waals surface area contributed by atoms with Crippen molar-refractivity contribution in [2.45, 2.75) is 31.8 Å². The van der Waals surface area contributed by atoms with E-state index >= 15 is 0 Å². The van der Waals surface area contributed by atoms with E-state index in [0.717, 1.165) is 30.3 Å². The average Bonchev–Trinajstić information content (AvgIpc) is 3.08. The van der Waals surface area contributed by atoms with Gasteiger partial charge in [0.1, 0.15) is 11.9 Å². The molecule has 3 rings (SSSR count). The third-order valence-corrected chi connectivity index (χ3v) is 4.84. The van der Waals surface area contributed by atoms with Gasteiger partial charge in [0.25, 0.3) is 0 Å². The van der Waals surface area contributed by atoms with Crippen LogP contribution < -0.4 is 4.90 Å². The molecule has 20 heavy (non-hydrogen) atoms. The van der Waals surface area contributed by atoms with Crippen LogP contribution in [0.4, 0.5) is 5.13 Å². The number of rotatable bonds is 3. The molecular weight excluding hydrogens is 274 g/mol. The summed E-state index contributed by atoms with van der Waals surface area (Å²) in [5.41, 5.74) is 0.270. The van der Waals surface area contributed by atoms with Crippen LogP contribution in [0.2, 0.25) is 0 Å². The molecule has 1 aliphatic rings. The van der Waals surface area contributed by atoms with Crippen LogP contribution in [0, 0.1) is 0 Å². The standard InChI is InChI=1S/C13H19N5OS/c1-3-10-8-20-12(16-10)18-6-4-13(19,5-7-18)11-14-9-15-17(11)2/h8-9,19H,3-7H2,1-2H3. The number of anilines is 1. The van der Waals surface area contributed by atoms with Crippen molar-refractivity contribution in [2.75, 3.05) is 18.0 Å². The van der Waals surface area contributed by atoms with Crippen LogP contribution >= 0.6 is 11.3 Å². The highest BCUT2D eigenvalue weighted by molar-refractivity contribution is 7.13. The summed E-state index contributed by atoms with van der Waals surface area (Å²) in [6, 6.07) is 0. The summed E-state index contributed by atoms with van der Waals surface area (Å²) in [5, 5.41) is 18.0. The Bertz CT molecular complexity index is 585. The minimum Gasteiger partial charge on any atom is -0.382 e. The number of thiazole rings is 1. The molecule has 0 unspecified atom stereocenters. The van der Waals surface area contributed by atoms with E-state index in [2.05, 4.69) is 32.3 Å². The van der Waals surface area contributed by atoms with Crippen molar-refractivity contribution >= 4 is 16.5 Å². The van der Waals surface area contributed by atoms with Gasteiger partial charge in [-0.1, -0.05) is 6.92 Å². The van der Waals surface area contributed by atoms with Crippen molar-refractivity contribution < 1.29 is 5.11 Å². The second-order valence-corrected chi connectivity index (χ2v) is 6.04. The van der Waals surface area contributed by atoms with E-state index in [1.54, 1.807) is 16.0 Å². The highest BCUT2D eigenvalue weighted by atomic mass is 32.1. The van der Waals surface area contributed by atoms with E-state index in [4.69, 9.17) is 0 Å². The van der Waals surface area contributed by atoms with E-state index in [0.29, 0.717) is 18.7 Å². The van der Waals surface area contributed by atoms with Gasteiger partial charge in [0.2, 0.25) is 0 Å². The van der Waals surface area contributed by atoms with Gasteiger partial charge in [0, 0.05) is 38.4 Å². The Morgan fingerprint density at radius 1 is 1.40 bits per heavy atom. The zero-order chi connectivity index (χ0) is 14.2. The summed E-state index contributed by atoms with van der Waals surface area (Å²) in [7, 11) is 1.82. The summed E-state index contributed by atoms with van der Waals surface area (Å²) >= 11 is 1.68. The molecule has 0 saturated carbocycles. The first kappa shape index (κ1) is 13.5. The first-order valence-electron chi connectivity index (χ1n) is 6.88. The fourth-order valence-electron chi connectivity index (χ4n) is 2.61. The quantitative estimate of drug-likeness (QED) is 0.924. The Morgan fingerprint density at radius 3 is 2.70 bits per heavy atom. The number of aromatic nitrogens is 4. The van der Waals surface area contributed by atoms with E-state index in [-0.39, 0.29) is 0 Å². The first-order chi connectivity index (χ1) is 9.62. The monoisotopic (exact) mass is 293 g/mol. The van der Waals surface area contributed by atoms with Gasteiger partial charge < -0.3 is 10.0 Å². The Labute approximate surface area is 122 Å². The second kappa shape index (κ2) is 5.14. The molecule has 2 aromatic rings. The lowest BCUT2D eigenvalue weighted by Gasteiger charge is -2.37. The molecule has 0 atom stereocenters. The predicted octanol–water partition coefficient (Wildman–Crippen LogP) is 1.32. The summed E-state index contributed by atoms with van der Waals surface area (Å²) in [5.74, 6) is 0.658. The lowest BCUT2D eigenvalue weighted by atomic mass is 9.91. The molecule has 6 nitrogen and oxygen atoms in total. The molecule has 1 saturated heterocycles. The fraction of sp³-hybridized carbons (Fsp3) is 0.615. The smallest absolute Gasteiger partial charge is 0.185 e. The lowest BCUT2D eigenvalue weighted by molar-refractivity contribution is -0.0000706. The third-order valence-electron chi connectivity index (χ3n) is 3.89. The van der Waals surface area contributed by atoms with Gasteiger partial charge in [-0.3, -0.25) is 4.68 Å². The van der Waals surface area contributed by atoms with Crippen molar-refractivity contribution in [3.8, 4) is 0 Å². The van der Waals surface area contributed by atoms with Crippen molar-refractivity contribution in [1.29, 1.82) is 0 Å². The first-order valence-corrected chi connectivity index (χ1v) is 7.76. The maximum atomic E-state index is 10.8. The van der Waals surface area contributed by atoms with Crippen molar-refractivity contribution in [3.05, 3.63) is 23.2 Å². The van der Waals surface area contributed by atoms with Crippen LogP contribution in [0.3, 0.4) is 0 Å². The molecule has 1 aliphatic heterocycles. The summed E-state index contributed by atoms with van der Waals surface area (Å²) < 4.78 is 1.66. The van der Waals surface area contributed by atoms with Crippen LogP contribution in [0.25, 0.3) is 0 Å². The Hall–Kier alpha value is -1.47. The maximum absolute atomic E-state index is 10.8. The predicted molar refractivity (Wildman–Crippen MR) is 77.8 cm³/mol. The molecule has 1 fully saturated rings. The Morgan fingerprint density at radius 2 is 2.15 bits per heavy atom. The molecule has 2 aromatic heterocycles. The van der Waals surface area contributed by atoms with Crippen LogP contribution in [0.1, 0.15) is 31.3 Å². The van der Waals surface area contributed by atoms with Gasteiger partial charge in [0.15, 0.2) is 11.0 Å². The normalized spacial score (nSPS) is 18.4. The van der Waals surface area contributed by atoms with E-state index < -0.39 is 5.60 Å². The molecule has 108 valence electrons. The number of aryl methyl sites for hydroxylation is 2. The summed E-state index contributed by atoms with van der Waals surface area (Å²) in [4.78, 5) is 11.1. The number of piperidine rings is 1. The van der Waals surface area contributed by atoms with Gasteiger partial charge in [-0.15, -0.1) is 11.3 Å². The minimum absolute atomic E-state index is 0.653. The minimum atomic E-state index is -0.868. The van der Waals surface area contributed by atoms with Crippen LogP contribution in [0.15, 0.2) is 11.7 Å². The fourth-order valence-corrected chi connectivity index (χ4v) is 3.58. The number of hydrogen-bond donors (Lipinski definition) is 1. The molecule has 0 aliphatic carbocycles. The van der Waals surface area contributed by atoms with Crippen molar-refractivity contribution in [1.82, 2.24) is 19.7 Å². The van der Waals surface area contributed by atoms with E-state index in [1.807, 2.05) is 7.05 Å².